The molecule has 5 heteroatoms. The SMILES string of the molecule is C#Cc1cc(C(C)C)c(N)c2c1NC(=O)CNC2=O. The average molecular weight is 257 g/mol. The first-order valence-electron chi connectivity index (χ1n) is 5.96. The van der Waals surface area contributed by atoms with Gasteiger partial charge in [-0.15, -0.1) is 6.42 Å². The molecular weight excluding hydrogens is 242 g/mol. The molecule has 0 fully saturated rings. The molecule has 0 unspecified atom stereocenters. The zero-order valence-electron chi connectivity index (χ0n) is 10.8. The van der Waals surface area contributed by atoms with Crippen LogP contribution < -0.4 is 16.4 Å². The second kappa shape index (κ2) is 4.65. The van der Waals surface area contributed by atoms with Gasteiger partial charge in [0.05, 0.1) is 23.5 Å². The first kappa shape index (κ1) is 13.0. The van der Waals surface area contributed by atoms with E-state index in [4.69, 9.17) is 12.2 Å². The van der Waals surface area contributed by atoms with Gasteiger partial charge in [-0.2, -0.15) is 0 Å². The Labute approximate surface area is 111 Å². The molecule has 5 nitrogen and oxygen atoms in total. The fourth-order valence-corrected chi connectivity index (χ4v) is 2.11. The molecule has 0 aliphatic carbocycles. The van der Waals surface area contributed by atoms with Gasteiger partial charge in [0.1, 0.15) is 0 Å². The van der Waals surface area contributed by atoms with Crippen LogP contribution >= 0.6 is 0 Å². The number of carbonyl (C=O) groups excluding carboxylic acids is 2. The highest BCUT2D eigenvalue weighted by Gasteiger charge is 2.26. The number of benzene rings is 1. The number of nitrogen functional groups attached to an aromatic ring is 1. The van der Waals surface area contributed by atoms with Crippen LogP contribution in [0.3, 0.4) is 0 Å². The molecule has 1 aromatic rings. The second-order valence-corrected chi connectivity index (χ2v) is 4.71. The van der Waals surface area contributed by atoms with Crippen LogP contribution in [0.5, 0.6) is 0 Å². The first-order chi connectivity index (χ1) is 8.95. The van der Waals surface area contributed by atoms with Crippen LogP contribution in [0, 0.1) is 12.3 Å². The number of hydrogen-bond acceptors (Lipinski definition) is 3. The Morgan fingerprint density at radius 1 is 1.42 bits per heavy atom. The molecule has 2 rings (SSSR count). The fraction of sp³-hybridized carbons (Fsp3) is 0.286. The van der Waals surface area contributed by atoms with Crippen LogP contribution in [0.25, 0.3) is 0 Å². The highest BCUT2D eigenvalue weighted by molar-refractivity contribution is 6.13. The van der Waals surface area contributed by atoms with Crippen molar-refractivity contribution >= 4 is 23.2 Å². The Kier molecular flexibility index (Phi) is 3.17. The highest BCUT2D eigenvalue weighted by atomic mass is 16.2. The summed E-state index contributed by atoms with van der Waals surface area (Å²) in [5.74, 6) is 1.92. The minimum absolute atomic E-state index is 0.0893. The van der Waals surface area contributed by atoms with Crippen LogP contribution in [0.4, 0.5) is 11.4 Å². The van der Waals surface area contributed by atoms with E-state index < -0.39 is 0 Å². The summed E-state index contributed by atoms with van der Waals surface area (Å²) in [5.41, 5.74) is 8.27. The topological polar surface area (TPSA) is 84.2 Å². The summed E-state index contributed by atoms with van der Waals surface area (Å²) in [6.45, 7) is 3.84. The molecule has 1 aromatic carbocycles. The van der Waals surface area contributed by atoms with Gasteiger partial charge in [0.15, 0.2) is 0 Å². The van der Waals surface area contributed by atoms with Crippen LogP contribution in [-0.2, 0) is 4.79 Å². The van der Waals surface area contributed by atoms with E-state index in [1.807, 2.05) is 13.8 Å². The molecule has 1 heterocycles. The summed E-state index contributed by atoms with van der Waals surface area (Å²) in [6.07, 6.45) is 5.46. The van der Waals surface area contributed by atoms with Crippen molar-refractivity contribution in [1.82, 2.24) is 5.32 Å². The predicted octanol–water partition coefficient (Wildman–Crippen LogP) is 1.06. The van der Waals surface area contributed by atoms with E-state index in [9.17, 15) is 9.59 Å². The molecule has 1 aliphatic heterocycles. The normalized spacial score (nSPS) is 14.2. The zero-order chi connectivity index (χ0) is 14.2. The lowest BCUT2D eigenvalue weighted by atomic mass is 9.93. The first-order valence-corrected chi connectivity index (χ1v) is 5.96. The predicted molar refractivity (Wildman–Crippen MR) is 73.8 cm³/mol. The molecule has 2 amide bonds. The van der Waals surface area contributed by atoms with Gasteiger partial charge in [0.2, 0.25) is 5.91 Å². The number of hydrogen-bond donors (Lipinski definition) is 3. The smallest absolute Gasteiger partial charge is 0.255 e. The molecule has 0 bridgehead atoms. The van der Waals surface area contributed by atoms with E-state index in [2.05, 4.69) is 16.6 Å². The Balaban J connectivity index is 2.78. The molecule has 1 aliphatic rings. The lowest BCUT2D eigenvalue weighted by Gasteiger charge is -2.17. The number of rotatable bonds is 1. The minimum Gasteiger partial charge on any atom is -0.398 e. The second-order valence-electron chi connectivity index (χ2n) is 4.71. The maximum atomic E-state index is 12.1. The van der Waals surface area contributed by atoms with E-state index in [0.717, 1.165) is 5.56 Å². The van der Waals surface area contributed by atoms with Crippen molar-refractivity contribution in [2.75, 3.05) is 17.6 Å². The summed E-state index contributed by atoms with van der Waals surface area (Å²) < 4.78 is 0. The number of carbonyl (C=O) groups is 2. The van der Waals surface area contributed by atoms with Gasteiger partial charge in [0, 0.05) is 5.56 Å². The van der Waals surface area contributed by atoms with Gasteiger partial charge in [-0.25, -0.2) is 0 Å². The summed E-state index contributed by atoms with van der Waals surface area (Å²) >= 11 is 0. The number of amides is 2. The Morgan fingerprint density at radius 3 is 2.68 bits per heavy atom. The zero-order valence-corrected chi connectivity index (χ0v) is 10.8. The number of nitrogens with two attached hydrogens (primary N) is 1. The van der Waals surface area contributed by atoms with Gasteiger partial charge in [-0.3, -0.25) is 9.59 Å². The van der Waals surface area contributed by atoms with E-state index in [1.54, 1.807) is 6.07 Å². The van der Waals surface area contributed by atoms with Crippen LogP contribution in [0.15, 0.2) is 6.07 Å². The quantitative estimate of drug-likeness (QED) is 0.519. The fourth-order valence-electron chi connectivity index (χ4n) is 2.11. The van der Waals surface area contributed by atoms with Gasteiger partial charge in [-0.1, -0.05) is 19.8 Å². The molecule has 98 valence electrons. The molecule has 0 saturated carbocycles. The summed E-state index contributed by atoms with van der Waals surface area (Å²) in [4.78, 5) is 23.6. The molecule has 0 atom stereocenters. The molecule has 0 aromatic heterocycles. The van der Waals surface area contributed by atoms with Gasteiger partial charge < -0.3 is 16.4 Å². The van der Waals surface area contributed by atoms with Crippen LogP contribution in [-0.4, -0.2) is 18.4 Å². The third kappa shape index (κ3) is 2.13. The molecule has 19 heavy (non-hydrogen) atoms. The molecule has 0 saturated heterocycles. The summed E-state index contributed by atoms with van der Waals surface area (Å²) in [5, 5.41) is 5.14. The average Bonchev–Trinajstić information content (AvgIpc) is 2.50. The maximum absolute atomic E-state index is 12.1. The van der Waals surface area contributed by atoms with E-state index in [1.165, 1.54) is 0 Å². The number of anilines is 2. The Morgan fingerprint density at radius 2 is 2.11 bits per heavy atom. The van der Waals surface area contributed by atoms with Crippen molar-refractivity contribution in [3.63, 3.8) is 0 Å². The van der Waals surface area contributed by atoms with E-state index in [-0.39, 0.29) is 29.8 Å². The lowest BCUT2D eigenvalue weighted by Crippen LogP contribution is -2.28. The lowest BCUT2D eigenvalue weighted by molar-refractivity contribution is -0.115. The maximum Gasteiger partial charge on any atom is 0.255 e. The number of fused-ring (bicyclic) bond motifs is 1. The summed E-state index contributed by atoms with van der Waals surface area (Å²) in [7, 11) is 0. The van der Waals surface area contributed by atoms with Crippen molar-refractivity contribution in [2.45, 2.75) is 19.8 Å². The van der Waals surface area contributed by atoms with Crippen molar-refractivity contribution in [2.24, 2.45) is 0 Å². The van der Waals surface area contributed by atoms with Crippen LogP contribution in [0.1, 0.15) is 41.3 Å². The standard InChI is InChI=1S/C14H15N3O2/c1-4-8-5-9(7(2)3)12(15)11-13(8)17-10(18)6-16-14(11)19/h1,5,7H,6,15H2,2-3H3,(H,16,19)(H,17,18). The molecule has 0 radical (unpaired) electrons. The Bertz CT molecular complexity index is 612. The van der Waals surface area contributed by atoms with Gasteiger partial charge in [-0.05, 0) is 17.5 Å². The number of terminal acetylenes is 1. The molecular formula is C14H15N3O2. The highest BCUT2D eigenvalue weighted by Crippen LogP contribution is 2.34. The van der Waals surface area contributed by atoms with Gasteiger partial charge in [0.25, 0.3) is 5.91 Å². The largest absolute Gasteiger partial charge is 0.398 e. The molecule has 0 spiro atoms. The van der Waals surface area contributed by atoms with Crippen molar-refractivity contribution in [1.29, 1.82) is 0 Å². The molecule has 4 N–H and O–H groups in total. The summed E-state index contributed by atoms with van der Waals surface area (Å²) in [6, 6.07) is 1.75. The van der Waals surface area contributed by atoms with E-state index >= 15 is 0 Å². The number of nitrogens with one attached hydrogen (secondary N) is 2. The van der Waals surface area contributed by atoms with Crippen LogP contribution in [0.2, 0.25) is 0 Å². The minimum atomic E-state index is -0.384. The monoisotopic (exact) mass is 257 g/mol. The van der Waals surface area contributed by atoms with Crippen molar-refractivity contribution in [3.05, 3.63) is 22.8 Å². The Hall–Kier alpha value is -2.48. The van der Waals surface area contributed by atoms with Crippen molar-refractivity contribution < 1.29 is 9.59 Å². The third-order valence-corrected chi connectivity index (χ3v) is 3.08. The van der Waals surface area contributed by atoms with E-state index in [0.29, 0.717) is 16.9 Å². The van der Waals surface area contributed by atoms with Gasteiger partial charge >= 0.3 is 0 Å². The third-order valence-electron chi connectivity index (χ3n) is 3.08. The van der Waals surface area contributed by atoms with Crippen molar-refractivity contribution in [3.8, 4) is 12.3 Å².